The topological polar surface area (TPSA) is 109 Å². The molecule has 0 radical (unpaired) electrons. The van der Waals surface area contributed by atoms with Crippen molar-refractivity contribution in [3.63, 3.8) is 0 Å². The number of hydrogen-bond donors (Lipinski definition) is 2. The van der Waals surface area contributed by atoms with E-state index >= 15 is 0 Å². The third-order valence-corrected chi connectivity index (χ3v) is 7.35. The van der Waals surface area contributed by atoms with Gasteiger partial charge in [-0.1, -0.05) is 35.3 Å². The maximum Gasteiger partial charge on any atom is 0.263 e. The van der Waals surface area contributed by atoms with Crippen LogP contribution in [0.1, 0.15) is 10.4 Å². The van der Waals surface area contributed by atoms with Crippen LogP contribution in [0.3, 0.4) is 0 Å². The zero-order valence-corrected chi connectivity index (χ0v) is 19.1. The first-order chi connectivity index (χ1) is 14.5. The van der Waals surface area contributed by atoms with Gasteiger partial charge in [0.25, 0.3) is 15.9 Å². The predicted octanol–water partition coefficient (Wildman–Crippen LogP) is 4.45. The van der Waals surface area contributed by atoms with E-state index in [1.807, 2.05) is 0 Å². The Kier molecular flexibility index (Phi) is 6.61. The summed E-state index contributed by atoms with van der Waals surface area (Å²) in [7, 11) is -7.96. The molecule has 0 heterocycles. The number of halogens is 2. The first-order valence-electron chi connectivity index (χ1n) is 8.66. The van der Waals surface area contributed by atoms with Crippen LogP contribution in [0.25, 0.3) is 0 Å². The molecule has 0 saturated heterocycles. The number of hydrogen-bond acceptors (Lipinski definition) is 5. The molecule has 0 aliphatic heterocycles. The number of benzene rings is 3. The maximum atomic E-state index is 12.9. The van der Waals surface area contributed by atoms with Crippen molar-refractivity contribution >= 4 is 60.3 Å². The second kappa shape index (κ2) is 8.88. The van der Waals surface area contributed by atoms with Gasteiger partial charge in [-0.05, 0) is 54.6 Å². The minimum atomic E-state index is -4.31. The lowest BCUT2D eigenvalue weighted by Crippen LogP contribution is -2.19. The third kappa shape index (κ3) is 5.56. The lowest BCUT2D eigenvalue weighted by Gasteiger charge is -2.14. The predicted molar refractivity (Wildman–Crippen MR) is 121 cm³/mol. The van der Waals surface area contributed by atoms with Gasteiger partial charge in [0, 0.05) is 17.0 Å². The second-order valence-electron chi connectivity index (χ2n) is 6.48. The van der Waals surface area contributed by atoms with E-state index < -0.39 is 30.7 Å². The zero-order valence-electron chi connectivity index (χ0n) is 16.0. The van der Waals surface area contributed by atoms with Crippen LogP contribution in [0.15, 0.2) is 76.5 Å². The molecule has 1 amide bonds. The van der Waals surface area contributed by atoms with Crippen LogP contribution in [0.5, 0.6) is 0 Å². The minimum Gasteiger partial charge on any atom is -0.322 e. The Morgan fingerprint density at radius 2 is 1.52 bits per heavy atom. The second-order valence-corrected chi connectivity index (χ2v) is 11.0. The molecule has 0 aliphatic rings. The first-order valence-corrected chi connectivity index (χ1v) is 12.8. The molecule has 3 rings (SSSR count). The van der Waals surface area contributed by atoms with Crippen LogP contribution in [-0.2, 0) is 19.9 Å². The number of para-hydroxylation sites is 1. The summed E-state index contributed by atoms with van der Waals surface area (Å²) in [6.45, 7) is 0. The Hall–Kier alpha value is -2.59. The van der Waals surface area contributed by atoms with E-state index in [1.165, 1.54) is 24.3 Å². The first kappa shape index (κ1) is 23.1. The Bertz CT molecular complexity index is 1360. The van der Waals surface area contributed by atoms with Crippen molar-refractivity contribution in [2.45, 2.75) is 9.79 Å². The molecule has 0 atom stereocenters. The number of sulfone groups is 1. The number of carbonyl (C=O) groups excluding carboxylic acids is 1. The number of sulfonamides is 1. The van der Waals surface area contributed by atoms with Gasteiger partial charge in [0.05, 0.1) is 21.2 Å². The molecule has 7 nitrogen and oxygen atoms in total. The molecule has 3 aromatic carbocycles. The highest BCUT2D eigenvalue weighted by atomic mass is 35.5. The van der Waals surface area contributed by atoms with Crippen LogP contribution in [-0.4, -0.2) is 29.0 Å². The standard InChI is InChI=1S/C20H16Cl2N2O5S2/c1-30(26,27)15-10-11-17(22)19(12-15)31(28,29)24-18-5-3-2-4-16(18)20(25)23-14-8-6-13(21)7-9-14/h2-12,24H,1H3,(H,23,25). The average molecular weight is 499 g/mol. The summed E-state index contributed by atoms with van der Waals surface area (Å²) in [5.41, 5.74) is 0.516. The number of rotatable bonds is 6. The Morgan fingerprint density at radius 1 is 0.871 bits per heavy atom. The van der Waals surface area contributed by atoms with Gasteiger partial charge < -0.3 is 5.32 Å². The Labute approximate surface area is 190 Å². The van der Waals surface area contributed by atoms with Crippen molar-refractivity contribution in [3.05, 3.63) is 82.3 Å². The molecule has 0 spiro atoms. The highest BCUT2D eigenvalue weighted by Gasteiger charge is 2.23. The van der Waals surface area contributed by atoms with Crippen molar-refractivity contribution in [1.29, 1.82) is 0 Å². The van der Waals surface area contributed by atoms with E-state index in [0.717, 1.165) is 12.3 Å². The van der Waals surface area contributed by atoms with Crippen molar-refractivity contribution in [2.24, 2.45) is 0 Å². The van der Waals surface area contributed by atoms with Gasteiger partial charge in [0.1, 0.15) is 4.90 Å². The van der Waals surface area contributed by atoms with Gasteiger partial charge in [-0.15, -0.1) is 0 Å². The summed E-state index contributed by atoms with van der Waals surface area (Å²) in [6.07, 6.45) is 0.955. The largest absolute Gasteiger partial charge is 0.322 e. The van der Waals surface area contributed by atoms with E-state index in [1.54, 1.807) is 36.4 Å². The van der Waals surface area contributed by atoms with Crippen LogP contribution in [0, 0.1) is 0 Å². The zero-order chi connectivity index (χ0) is 22.8. The van der Waals surface area contributed by atoms with Gasteiger partial charge in [0.2, 0.25) is 0 Å². The normalized spacial score (nSPS) is 11.7. The molecule has 0 saturated carbocycles. The van der Waals surface area contributed by atoms with Crippen molar-refractivity contribution in [1.82, 2.24) is 0 Å². The monoisotopic (exact) mass is 498 g/mol. The summed E-state index contributed by atoms with van der Waals surface area (Å²) >= 11 is 11.9. The Balaban J connectivity index is 1.95. The minimum absolute atomic E-state index is 0.00483. The molecule has 3 aromatic rings. The molecule has 31 heavy (non-hydrogen) atoms. The van der Waals surface area contributed by atoms with Gasteiger partial charge in [-0.2, -0.15) is 0 Å². The van der Waals surface area contributed by atoms with Crippen molar-refractivity contribution in [3.8, 4) is 0 Å². The van der Waals surface area contributed by atoms with E-state index in [0.29, 0.717) is 10.7 Å². The van der Waals surface area contributed by atoms with Crippen molar-refractivity contribution in [2.75, 3.05) is 16.3 Å². The smallest absolute Gasteiger partial charge is 0.263 e. The average Bonchev–Trinajstić information content (AvgIpc) is 2.69. The van der Waals surface area contributed by atoms with Crippen LogP contribution in [0.4, 0.5) is 11.4 Å². The lowest BCUT2D eigenvalue weighted by atomic mass is 10.1. The molecule has 0 unspecified atom stereocenters. The lowest BCUT2D eigenvalue weighted by molar-refractivity contribution is 0.102. The molecular formula is C20H16Cl2N2O5S2. The molecule has 0 aliphatic carbocycles. The summed E-state index contributed by atoms with van der Waals surface area (Å²) in [6, 6.07) is 15.7. The summed E-state index contributed by atoms with van der Waals surface area (Å²) < 4.78 is 51.8. The fourth-order valence-electron chi connectivity index (χ4n) is 2.62. The third-order valence-electron chi connectivity index (χ3n) is 4.14. The van der Waals surface area contributed by atoms with Crippen molar-refractivity contribution < 1.29 is 21.6 Å². The van der Waals surface area contributed by atoms with E-state index in [2.05, 4.69) is 10.0 Å². The summed E-state index contributed by atoms with van der Waals surface area (Å²) in [5, 5.41) is 2.99. The molecule has 0 fully saturated rings. The van der Waals surface area contributed by atoms with E-state index in [4.69, 9.17) is 23.2 Å². The fraction of sp³-hybridized carbons (Fsp3) is 0.0500. The fourth-order valence-corrected chi connectivity index (χ4v) is 5.08. The molecular weight excluding hydrogens is 483 g/mol. The molecule has 0 bridgehead atoms. The van der Waals surface area contributed by atoms with Gasteiger partial charge in [-0.3, -0.25) is 9.52 Å². The highest BCUT2D eigenvalue weighted by Crippen LogP contribution is 2.28. The van der Waals surface area contributed by atoms with Crippen LogP contribution in [0.2, 0.25) is 10.0 Å². The number of carbonyl (C=O) groups is 1. The van der Waals surface area contributed by atoms with Gasteiger partial charge >= 0.3 is 0 Å². The van der Waals surface area contributed by atoms with Crippen LogP contribution < -0.4 is 10.0 Å². The molecule has 162 valence electrons. The van der Waals surface area contributed by atoms with E-state index in [9.17, 15) is 21.6 Å². The quantitative estimate of drug-likeness (QED) is 0.521. The summed E-state index contributed by atoms with van der Waals surface area (Å²) in [4.78, 5) is 12.1. The van der Waals surface area contributed by atoms with Gasteiger partial charge in [0.15, 0.2) is 9.84 Å². The summed E-state index contributed by atoms with van der Waals surface area (Å²) in [5.74, 6) is -0.559. The number of amides is 1. The van der Waals surface area contributed by atoms with E-state index in [-0.39, 0.29) is 21.2 Å². The number of anilines is 2. The van der Waals surface area contributed by atoms with Crippen LogP contribution >= 0.6 is 23.2 Å². The highest BCUT2D eigenvalue weighted by molar-refractivity contribution is 7.93. The maximum absolute atomic E-state index is 12.9. The molecule has 2 N–H and O–H groups in total. The molecule has 11 heteroatoms. The SMILES string of the molecule is CS(=O)(=O)c1ccc(Cl)c(S(=O)(=O)Nc2ccccc2C(=O)Nc2ccc(Cl)cc2)c1. The Morgan fingerprint density at radius 3 is 2.16 bits per heavy atom. The number of nitrogens with one attached hydrogen (secondary N) is 2. The van der Waals surface area contributed by atoms with Gasteiger partial charge in [-0.25, -0.2) is 16.8 Å². The molecule has 0 aromatic heterocycles.